The molecule has 0 aromatic rings. The molecular formula is C13H25N3O. The van der Waals surface area contributed by atoms with Crippen molar-refractivity contribution in [2.75, 3.05) is 26.2 Å². The zero-order valence-corrected chi connectivity index (χ0v) is 11.0. The van der Waals surface area contributed by atoms with Crippen molar-refractivity contribution in [1.29, 1.82) is 0 Å². The molecule has 0 aromatic heterocycles. The van der Waals surface area contributed by atoms with Crippen LogP contribution in [-0.2, 0) is 4.79 Å². The summed E-state index contributed by atoms with van der Waals surface area (Å²) in [6.45, 7) is 7.80. The Morgan fingerprint density at radius 1 is 1.35 bits per heavy atom. The van der Waals surface area contributed by atoms with Gasteiger partial charge in [0.1, 0.15) is 0 Å². The molecule has 0 spiro atoms. The molecular weight excluding hydrogens is 214 g/mol. The topological polar surface area (TPSA) is 44.4 Å². The number of hydrogen-bond donors (Lipinski definition) is 2. The Kier molecular flexibility index (Phi) is 4.40. The second kappa shape index (κ2) is 5.83. The highest BCUT2D eigenvalue weighted by Crippen LogP contribution is 2.29. The molecule has 1 amide bonds. The fourth-order valence-corrected chi connectivity index (χ4v) is 2.34. The van der Waals surface area contributed by atoms with Crippen LogP contribution in [0.2, 0.25) is 0 Å². The van der Waals surface area contributed by atoms with Gasteiger partial charge in [-0.1, -0.05) is 13.8 Å². The third-order valence-corrected chi connectivity index (χ3v) is 3.54. The Morgan fingerprint density at radius 2 is 2.12 bits per heavy atom. The van der Waals surface area contributed by atoms with E-state index in [-0.39, 0.29) is 5.91 Å². The molecule has 4 nitrogen and oxygen atoms in total. The molecule has 0 aromatic carbocycles. The summed E-state index contributed by atoms with van der Waals surface area (Å²) in [5.74, 6) is 0.652. The summed E-state index contributed by atoms with van der Waals surface area (Å²) in [5, 5.41) is 6.30. The van der Waals surface area contributed by atoms with Gasteiger partial charge in [-0.3, -0.25) is 9.69 Å². The van der Waals surface area contributed by atoms with E-state index in [1.54, 1.807) is 0 Å². The van der Waals surface area contributed by atoms with Crippen LogP contribution >= 0.6 is 0 Å². The zero-order chi connectivity index (χ0) is 12.3. The lowest BCUT2D eigenvalue weighted by molar-refractivity contribution is -0.120. The molecule has 4 heteroatoms. The van der Waals surface area contributed by atoms with Gasteiger partial charge in [0.2, 0.25) is 5.91 Å². The summed E-state index contributed by atoms with van der Waals surface area (Å²) < 4.78 is 0. The quantitative estimate of drug-likeness (QED) is 0.713. The molecule has 0 radical (unpaired) electrons. The SMILES string of the molecule is CC(C)CNC(=O)CNC1CCN(C2CC2)C1. The maximum atomic E-state index is 11.5. The minimum Gasteiger partial charge on any atom is -0.355 e. The van der Waals surface area contributed by atoms with Crippen LogP contribution in [0.4, 0.5) is 0 Å². The van der Waals surface area contributed by atoms with Gasteiger partial charge in [-0.15, -0.1) is 0 Å². The van der Waals surface area contributed by atoms with E-state index in [2.05, 4.69) is 29.4 Å². The van der Waals surface area contributed by atoms with E-state index in [1.807, 2.05) is 0 Å². The molecule has 1 aliphatic heterocycles. The van der Waals surface area contributed by atoms with E-state index in [0.717, 1.165) is 19.1 Å². The molecule has 1 unspecified atom stereocenters. The molecule has 1 saturated heterocycles. The number of likely N-dealkylation sites (tertiary alicyclic amines) is 1. The van der Waals surface area contributed by atoms with E-state index >= 15 is 0 Å². The van der Waals surface area contributed by atoms with Crippen LogP contribution in [-0.4, -0.2) is 49.1 Å². The first-order valence-corrected chi connectivity index (χ1v) is 6.89. The Bertz CT molecular complexity index is 263. The number of carbonyl (C=O) groups is 1. The normalized spacial score (nSPS) is 25.5. The fourth-order valence-electron chi connectivity index (χ4n) is 2.34. The molecule has 1 saturated carbocycles. The predicted molar refractivity (Wildman–Crippen MR) is 68.9 cm³/mol. The first-order valence-electron chi connectivity index (χ1n) is 6.89. The maximum Gasteiger partial charge on any atom is 0.233 e. The molecule has 2 rings (SSSR count). The highest BCUT2D eigenvalue weighted by atomic mass is 16.1. The molecule has 0 bridgehead atoms. The van der Waals surface area contributed by atoms with Crippen molar-refractivity contribution < 1.29 is 4.79 Å². The number of nitrogens with one attached hydrogen (secondary N) is 2. The third-order valence-electron chi connectivity index (χ3n) is 3.54. The van der Waals surface area contributed by atoms with Crippen molar-refractivity contribution in [2.24, 2.45) is 5.92 Å². The number of hydrogen-bond acceptors (Lipinski definition) is 3. The maximum absolute atomic E-state index is 11.5. The summed E-state index contributed by atoms with van der Waals surface area (Å²) in [6.07, 6.45) is 3.94. The van der Waals surface area contributed by atoms with Crippen LogP contribution in [0, 0.1) is 5.92 Å². The largest absolute Gasteiger partial charge is 0.355 e. The molecule has 98 valence electrons. The summed E-state index contributed by atoms with van der Waals surface area (Å²) in [6, 6.07) is 1.37. The van der Waals surface area contributed by atoms with E-state index < -0.39 is 0 Å². The van der Waals surface area contributed by atoms with Crippen LogP contribution < -0.4 is 10.6 Å². The Labute approximate surface area is 104 Å². The molecule has 2 N–H and O–H groups in total. The van der Waals surface area contributed by atoms with Gasteiger partial charge in [-0.25, -0.2) is 0 Å². The molecule has 2 fully saturated rings. The molecule has 1 atom stereocenters. The van der Waals surface area contributed by atoms with Crippen molar-refractivity contribution in [3.8, 4) is 0 Å². The Hall–Kier alpha value is -0.610. The lowest BCUT2D eigenvalue weighted by atomic mass is 10.2. The Morgan fingerprint density at radius 3 is 2.76 bits per heavy atom. The van der Waals surface area contributed by atoms with Gasteiger partial charge in [0.25, 0.3) is 0 Å². The van der Waals surface area contributed by atoms with Crippen LogP contribution in [0.15, 0.2) is 0 Å². The van der Waals surface area contributed by atoms with Crippen molar-refractivity contribution >= 4 is 5.91 Å². The van der Waals surface area contributed by atoms with Crippen LogP contribution in [0.1, 0.15) is 33.1 Å². The van der Waals surface area contributed by atoms with Crippen molar-refractivity contribution in [1.82, 2.24) is 15.5 Å². The van der Waals surface area contributed by atoms with Crippen LogP contribution in [0.3, 0.4) is 0 Å². The average Bonchev–Trinajstić information content (AvgIpc) is 3.04. The number of rotatable bonds is 6. The first kappa shape index (κ1) is 12.8. The number of amides is 1. The standard InChI is InChI=1S/C13H25N3O/c1-10(2)7-15-13(17)8-14-11-5-6-16(9-11)12-3-4-12/h10-12,14H,3-9H2,1-2H3,(H,15,17). The summed E-state index contributed by atoms with van der Waals surface area (Å²) in [7, 11) is 0. The highest BCUT2D eigenvalue weighted by molar-refractivity contribution is 5.78. The number of nitrogens with zero attached hydrogens (tertiary/aromatic N) is 1. The van der Waals surface area contributed by atoms with E-state index in [0.29, 0.717) is 18.5 Å². The van der Waals surface area contributed by atoms with E-state index in [4.69, 9.17) is 0 Å². The second-order valence-electron chi connectivity index (χ2n) is 5.79. The van der Waals surface area contributed by atoms with E-state index in [9.17, 15) is 4.79 Å². The van der Waals surface area contributed by atoms with Crippen LogP contribution in [0.25, 0.3) is 0 Å². The highest BCUT2D eigenvalue weighted by Gasteiger charge is 2.34. The smallest absolute Gasteiger partial charge is 0.233 e. The zero-order valence-electron chi connectivity index (χ0n) is 11.0. The minimum atomic E-state index is 0.128. The summed E-state index contributed by atoms with van der Waals surface area (Å²) >= 11 is 0. The van der Waals surface area contributed by atoms with Gasteiger partial charge in [0.15, 0.2) is 0 Å². The first-order chi connectivity index (χ1) is 8.15. The van der Waals surface area contributed by atoms with Crippen molar-refractivity contribution in [3.05, 3.63) is 0 Å². The molecule has 2 aliphatic rings. The van der Waals surface area contributed by atoms with Crippen molar-refractivity contribution in [2.45, 2.75) is 45.2 Å². The van der Waals surface area contributed by atoms with Gasteiger partial charge >= 0.3 is 0 Å². The van der Waals surface area contributed by atoms with Crippen molar-refractivity contribution in [3.63, 3.8) is 0 Å². The lowest BCUT2D eigenvalue weighted by Crippen LogP contribution is -2.41. The molecule has 17 heavy (non-hydrogen) atoms. The third kappa shape index (κ3) is 4.28. The molecule has 1 heterocycles. The fraction of sp³-hybridized carbons (Fsp3) is 0.923. The van der Waals surface area contributed by atoms with Gasteiger partial charge < -0.3 is 10.6 Å². The average molecular weight is 239 g/mol. The summed E-state index contributed by atoms with van der Waals surface area (Å²) in [4.78, 5) is 14.1. The van der Waals surface area contributed by atoms with E-state index in [1.165, 1.54) is 25.8 Å². The second-order valence-corrected chi connectivity index (χ2v) is 5.79. The Balaban J connectivity index is 1.57. The molecule has 1 aliphatic carbocycles. The number of carbonyl (C=O) groups excluding carboxylic acids is 1. The van der Waals surface area contributed by atoms with Gasteiger partial charge in [-0.2, -0.15) is 0 Å². The van der Waals surface area contributed by atoms with Gasteiger partial charge in [0, 0.05) is 31.7 Å². The monoisotopic (exact) mass is 239 g/mol. The van der Waals surface area contributed by atoms with Gasteiger partial charge in [0.05, 0.1) is 6.54 Å². The lowest BCUT2D eigenvalue weighted by Gasteiger charge is -2.15. The van der Waals surface area contributed by atoms with Crippen LogP contribution in [0.5, 0.6) is 0 Å². The summed E-state index contributed by atoms with van der Waals surface area (Å²) in [5.41, 5.74) is 0. The predicted octanol–water partition coefficient (Wildman–Crippen LogP) is 0.585. The minimum absolute atomic E-state index is 0.128. The van der Waals surface area contributed by atoms with Gasteiger partial charge in [-0.05, 0) is 25.2 Å².